The van der Waals surface area contributed by atoms with Gasteiger partial charge in [0.2, 0.25) is 0 Å². The van der Waals surface area contributed by atoms with Crippen molar-refractivity contribution in [2.45, 2.75) is 46.5 Å². The molecule has 0 radical (unpaired) electrons. The van der Waals surface area contributed by atoms with Gasteiger partial charge in [-0.15, -0.1) is 0 Å². The van der Waals surface area contributed by atoms with E-state index in [4.69, 9.17) is 0 Å². The number of benzene rings is 1. The summed E-state index contributed by atoms with van der Waals surface area (Å²) in [5.74, 6) is -0.796. The molecule has 2 rings (SSSR count). The van der Waals surface area contributed by atoms with Crippen LogP contribution in [0.4, 0.5) is 13.2 Å². The molecule has 0 bridgehead atoms. The van der Waals surface area contributed by atoms with Gasteiger partial charge < -0.3 is 0 Å². The molecule has 0 heterocycles. The summed E-state index contributed by atoms with van der Waals surface area (Å²) >= 11 is 0. The summed E-state index contributed by atoms with van der Waals surface area (Å²) < 4.78 is 39.2. The molecule has 112 valence electrons. The fourth-order valence-electron chi connectivity index (χ4n) is 3.50. The SMILES string of the molecule is CC1CC(CCc2cc(F)c(F)c(F)c2)CC(C)C1C. The molecule has 2 atom stereocenters. The van der Waals surface area contributed by atoms with Gasteiger partial charge in [0.25, 0.3) is 0 Å². The van der Waals surface area contributed by atoms with Crippen LogP contribution in [0.25, 0.3) is 0 Å². The number of halogens is 3. The molecule has 0 saturated heterocycles. The van der Waals surface area contributed by atoms with Crippen molar-refractivity contribution in [3.63, 3.8) is 0 Å². The maximum atomic E-state index is 13.2. The van der Waals surface area contributed by atoms with Crippen molar-refractivity contribution in [3.8, 4) is 0 Å². The lowest BCUT2D eigenvalue weighted by Gasteiger charge is -2.37. The molecule has 1 aliphatic carbocycles. The lowest BCUT2D eigenvalue weighted by Crippen LogP contribution is -2.28. The first kappa shape index (κ1) is 15.4. The lowest BCUT2D eigenvalue weighted by molar-refractivity contribution is 0.136. The van der Waals surface area contributed by atoms with Gasteiger partial charge in [0.05, 0.1) is 0 Å². The van der Waals surface area contributed by atoms with Crippen LogP contribution in [0.5, 0.6) is 0 Å². The van der Waals surface area contributed by atoms with Gasteiger partial charge in [0.15, 0.2) is 17.5 Å². The fraction of sp³-hybridized carbons (Fsp3) is 0.647. The maximum Gasteiger partial charge on any atom is 0.194 e. The number of aryl methyl sites for hydroxylation is 1. The van der Waals surface area contributed by atoms with Crippen LogP contribution < -0.4 is 0 Å². The maximum absolute atomic E-state index is 13.2. The van der Waals surface area contributed by atoms with Crippen molar-refractivity contribution < 1.29 is 13.2 Å². The van der Waals surface area contributed by atoms with Crippen molar-refractivity contribution in [1.29, 1.82) is 0 Å². The number of rotatable bonds is 3. The zero-order valence-electron chi connectivity index (χ0n) is 12.4. The topological polar surface area (TPSA) is 0 Å². The molecule has 20 heavy (non-hydrogen) atoms. The predicted octanol–water partition coefficient (Wildman–Crippen LogP) is 5.35. The third-order valence-electron chi connectivity index (χ3n) is 5.09. The van der Waals surface area contributed by atoms with E-state index < -0.39 is 17.5 Å². The molecule has 1 fully saturated rings. The summed E-state index contributed by atoms with van der Waals surface area (Å²) in [5.41, 5.74) is 0.556. The van der Waals surface area contributed by atoms with Gasteiger partial charge in [-0.05, 0) is 67.1 Å². The monoisotopic (exact) mass is 284 g/mol. The zero-order chi connectivity index (χ0) is 14.9. The smallest absolute Gasteiger partial charge is 0.194 e. The molecular weight excluding hydrogens is 261 g/mol. The molecule has 1 aromatic carbocycles. The van der Waals surface area contributed by atoms with E-state index in [9.17, 15) is 13.2 Å². The van der Waals surface area contributed by atoms with Gasteiger partial charge in [-0.25, -0.2) is 13.2 Å². The molecule has 0 aromatic heterocycles. The molecule has 0 nitrogen and oxygen atoms in total. The van der Waals surface area contributed by atoms with Gasteiger partial charge in [-0.1, -0.05) is 20.8 Å². The zero-order valence-corrected chi connectivity index (χ0v) is 12.4. The molecule has 1 aromatic rings. The first-order valence-corrected chi connectivity index (χ1v) is 7.52. The first-order chi connectivity index (χ1) is 9.38. The Labute approximate surface area is 119 Å². The Kier molecular flexibility index (Phi) is 4.77. The third kappa shape index (κ3) is 3.36. The molecule has 0 spiro atoms. The third-order valence-corrected chi connectivity index (χ3v) is 5.09. The minimum Gasteiger partial charge on any atom is -0.204 e. The van der Waals surface area contributed by atoms with Crippen LogP contribution in [0.2, 0.25) is 0 Å². The molecule has 0 aliphatic heterocycles. The molecule has 2 unspecified atom stereocenters. The average Bonchev–Trinajstić information content (AvgIpc) is 2.39. The average molecular weight is 284 g/mol. The highest BCUT2D eigenvalue weighted by molar-refractivity contribution is 5.19. The van der Waals surface area contributed by atoms with Gasteiger partial charge in [-0.2, -0.15) is 0 Å². The molecule has 0 N–H and O–H groups in total. The van der Waals surface area contributed by atoms with Crippen LogP contribution in [0.1, 0.15) is 45.6 Å². The van der Waals surface area contributed by atoms with Crippen LogP contribution in [0, 0.1) is 41.1 Å². The fourth-order valence-corrected chi connectivity index (χ4v) is 3.50. The molecule has 0 amide bonds. The quantitative estimate of drug-likeness (QED) is 0.656. The number of hydrogen-bond acceptors (Lipinski definition) is 0. The van der Waals surface area contributed by atoms with Gasteiger partial charge in [-0.3, -0.25) is 0 Å². The summed E-state index contributed by atoms with van der Waals surface area (Å²) in [7, 11) is 0. The van der Waals surface area contributed by atoms with E-state index in [-0.39, 0.29) is 0 Å². The Balaban J connectivity index is 1.96. The second-order valence-corrected chi connectivity index (χ2v) is 6.56. The standard InChI is InChI=1S/C17H23F3/c1-10-6-13(7-11(2)12(10)3)4-5-14-8-15(18)17(20)16(19)9-14/h8-13H,4-7H2,1-3H3. The molecule has 1 aliphatic rings. The molecule has 1 saturated carbocycles. The van der Waals surface area contributed by atoms with E-state index in [1.54, 1.807) is 0 Å². The Morgan fingerprint density at radius 3 is 1.95 bits per heavy atom. The van der Waals surface area contributed by atoms with Crippen molar-refractivity contribution >= 4 is 0 Å². The second kappa shape index (κ2) is 6.19. The van der Waals surface area contributed by atoms with Gasteiger partial charge in [0.1, 0.15) is 0 Å². The Morgan fingerprint density at radius 1 is 0.950 bits per heavy atom. The van der Waals surface area contributed by atoms with E-state index in [2.05, 4.69) is 20.8 Å². The van der Waals surface area contributed by atoms with E-state index in [1.165, 1.54) is 12.8 Å². The second-order valence-electron chi connectivity index (χ2n) is 6.56. The minimum atomic E-state index is -1.37. The van der Waals surface area contributed by atoms with E-state index >= 15 is 0 Å². The Bertz CT molecular complexity index is 434. The van der Waals surface area contributed by atoms with Gasteiger partial charge in [0, 0.05) is 0 Å². The summed E-state index contributed by atoms with van der Waals surface area (Å²) in [6.45, 7) is 6.87. The van der Waals surface area contributed by atoms with Gasteiger partial charge >= 0.3 is 0 Å². The first-order valence-electron chi connectivity index (χ1n) is 7.52. The van der Waals surface area contributed by atoms with E-state index in [0.29, 0.717) is 29.7 Å². The minimum absolute atomic E-state index is 0.556. The lowest BCUT2D eigenvalue weighted by atomic mass is 9.69. The highest BCUT2D eigenvalue weighted by Gasteiger charge is 2.29. The Morgan fingerprint density at radius 2 is 1.45 bits per heavy atom. The highest BCUT2D eigenvalue weighted by atomic mass is 19.2. The van der Waals surface area contributed by atoms with Crippen LogP contribution >= 0.6 is 0 Å². The van der Waals surface area contributed by atoms with Crippen molar-refractivity contribution in [3.05, 3.63) is 35.1 Å². The summed E-state index contributed by atoms with van der Waals surface area (Å²) in [5, 5.41) is 0. The van der Waals surface area contributed by atoms with Crippen molar-refractivity contribution in [2.24, 2.45) is 23.7 Å². The van der Waals surface area contributed by atoms with Crippen molar-refractivity contribution in [2.75, 3.05) is 0 Å². The van der Waals surface area contributed by atoms with E-state index in [1.807, 2.05) is 0 Å². The number of hydrogen-bond donors (Lipinski definition) is 0. The Hall–Kier alpha value is -0.990. The van der Waals surface area contributed by atoms with Crippen LogP contribution in [-0.2, 0) is 6.42 Å². The predicted molar refractivity (Wildman–Crippen MR) is 74.9 cm³/mol. The van der Waals surface area contributed by atoms with E-state index in [0.717, 1.165) is 24.5 Å². The van der Waals surface area contributed by atoms with Crippen LogP contribution in [-0.4, -0.2) is 0 Å². The summed E-state index contributed by atoms with van der Waals surface area (Å²) in [4.78, 5) is 0. The summed E-state index contributed by atoms with van der Waals surface area (Å²) in [6.07, 6.45) is 3.90. The molecular formula is C17H23F3. The van der Waals surface area contributed by atoms with Crippen molar-refractivity contribution in [1.82, 2.24) is 0 Å². The molecule has 3 heteroatoms. The highest BCUT2D eigenvalue weighted by Crippen LogP contribution is 2.39. The van der Waals surface area contributed by atoms with Crippen LogP contribution in [0.15, 0.2) is 12.1 Å². The largest absolute Gasteiger partial charge is 0.204 e. The summed E-state index contributed by atoms with van der Waals surface area (Å²) in [6, 6.07) is 2.24. The normalized spacial score (nSPS) is 30.5. The van der Waals surface area contributed by atoms with Crippen LogP contribution in [0.3, 0.4) is 0 Å².